The summed E-state index contributed by atoms with van der Waals surface area (Å²) in [4.78, 5) is 13.0. The topological polar surface area (TPSA) is 52.9 Å². The molecule has 0 spiro atoms. The van der Waals surface area contributed by atoms with E-state index in [1.54, 1.807) is 24.3 Å². The van der Waals surface area contributed by atoms with Crippen molar-refractivity contribution in [2.45, 2.75) is 0 Å². The average molecular weight is 286 g/mol. The van der Waals surface area contributed by atoms with Crippen molar-refractivity contribution in [1.82, 2.24) is 5.32 Å². The van der Waals surface area contributed by atoms with Crippen LogP contribution in [0.5, 0.6) is 0 Å². The van der Waals surface area contributed by atoms with Crippen molar-refractivity contribution in [2.75, 3.05) is 6.54 Å². The van der Waals surface area contributed by atoms with Crippen molar-refractivity contribution < 1.29 is 9.18 Å². The summed E-state index contributed by atoms with van der Waals surface area (Å²) >= 11 is 1.39. The highest BCUT2D eigenvalue weighted by Crippen LogP contribution is 2.30. The van der Waals surface area contributed by atoms with Crippen molar-refractivity contribution in [2.24, 2.45) is 0 Å². The van der Waals surface area contributed by atoms with Crippen LogP contribution in [0.15, 0.2) is 42.5 Å². The second-order valence-electron chi connectivity index (χ2n) is 3.89. The van der Waals surface area contributed by atoms with Crippen LogP contribution in [0.3, 0.4) is 0 Å². The molecule has 0 radical (unpaired) electrons. The van der Waals surface area contributed by atoms with Gasteiger partial charge in [0.1, 0.15) is 12.4 Å². The number of nitrogens with one attached hydrogen (secondary N) is 1. The molecular weight excluding hydrogens is 275 g/mol. The second kappa shape index (κ2) is 6.64. The Labute approximate surface area is 120 Å². The van der Waals surface area contributed by atoms with E-state index in [0.29, 0.717) is 5.56 Å². The minimum Gasteiger partial charge on any atom is -0.339 e. The van der Waals surface area contributed by atoms with Gasteiger partial charge in [-0.05, 0) is 24.3 Å². The van der Waals surface area contributed by atoms with Crippen LogP contribution in [0.2, 0.25) is 0 Å². The molecule has 0 aliphatic carbocycles. The first-order valence-electron chi connectivity index (χ1n) is 5.88. The lowest BCUT2D eigenvalue weighted by Gasteiger charge is -1.97. The van der Waals surface area contributed by atoms with E-state index in [1.807, 2.05) is 18.2 Å². The molecule has 0 atom stereocenters. The Morgan fingerprint density at radius 1 is 1.35 bits per heavy atom. The van der Waals surface area contributed by atoms with E-state index in [2.05, 4.69) is 5.32 Å². The third-order valence-corrected chi connectivity index (χ3v) is 3.59. The van der Waals surface area contributed by atoms with Gasteiger partial charge in [-0.3, -0.25) is 4.79 Å². The maximum absolute atomic E-state index is 13.6. The van der Waals surface area contributed by atoms with Crippen LogP contribution in [0.4, 0.5) is 4.39 Å². The normalized spacial score (nSPS) is 10.4. The van der Waals surface area contributed by atoms with Gasteiger partial charge in [-0.2, -0.15) is 5.26 Å². The van der Waals surface area contributed by atoms with Crippen LogP contribution >= 0.6 is 11.3 Å². The number of hydrogen-bond donors (Lipinski definition) is 1. The van der Waals surface area contributed by atoms with Gasteiger partial charge in [-0.15, -0.1) is 11.3 Å². The molecule has 1 heterocycles. The number of hydrogen-bond acceptors (Lipinski definition) is 3. The smallest absolute Gasteiger partial charge is 0.244 e. The SMILES string of the molecule is N#CCNC(=O)/C=C/c1ccc(-c2ccccc2F)s1. The molecular formula is C15H11FN2OS. The molecule has 0 aliphatic rings. The van der Waals surface area contributed by atoms with Crippen LogP contribution in [-0.4, -0.2) is 12.5 Å². The number of nitrogens with zero attached hydrogens (tertiary/aromatic N) is 1. The summed E-state index contributed by atoms with van der Waals surface area (Å²) in [6.45, 7) is -0.0198. The van der Waals surface area contributed by atoms with Crippen LogP contribution in [-0.2, 0) is 4.79 Å². The molecule has 1 aromatic carbocycles. The molecule has 0 saturated carbocycles. The van der Waals surface area contributed by atoms with Crippen LogP contribution in [0.25, 0.3) is 16.5 Å². The summed E-state index contributed by atoms with van der Waals surface area (Å²) in [7, 11) is 0. The molecule has 0 saturated heterocycles. The van der Waals surface area contributed by atoms with E-state index < -0.39 is 0 Å². The number of nitriles is 1. The molecule has 0 fully saturated rings. The van der Waals surface area contributed by atoms with Gasteiger partial charge in [0.25, 0.3) is 0 Å². The van der Waals surface area contributed by atoms with Crippen molar-refractivity contribution in [3.63, 3.8) is 0 Å². The third-order valence-electron chi connectivity index (χ3n) is 2.51. The first kappa shape index (κ1) is 14.0. The number of benzene rings is 1. The molecule has 2 rings (SSSR count). The summed E-state index contributed by atoms with van der Waals surface area (Å²) < 4.78 is 13.6. The van der Waals surface area contributed by atoms with Crippen molar-refractivity contribution in [3.8, 4) is 16.5 Å². The van der Waals surface area contributed by atoms with E-state index in [1.165, 1.54) is 23.5 Å². The maximum Gasteiger partial charge on any atom is 0.244 e. The highest BCUT2D eigenvalue weighted by atomic mass is 32.1. The summed E-state index contributed by atoms with van der Waals surface area (Å²) in [5, 5.41) is 10.7. The summed E-state index contributed by atoms with van der Waals surface area (Å²) in [5.41, 5.74) is 0.547. The molecule has 0 bridgehead atoms. The fourth-order valence-corrected chi connectivity index (χ4v) is 2.53. The molecule has 1 N–H and O–H groups in total. The zero-order valence-electron chi connectivity index (χ0n) is 10.5. The minimum atomic E-state index is -0.326. The summed E-state index contributed by atoms with van der Waals surface area (Å²) in [5.74, 6) is -0.593. The predicted molar refractivity (Wildman–Crippen MR) is 77.4 cm³/mol. The number of carbonyl (C=O) groups is 1. The van der Waals surface area contributed by atoms with Crippen molar-refractivity contribution >= 4 is 23.3 Å². The van der Waals surface area contributed by atoms with Gasteiger partial charge in [0.15, 0.2) is 0 Å². The van der Waals surface area contributed by atoms with Gasteiger partial charge in [0.05, 0.1) is 6.07 Å². The number of rotatable bonds is 4. The molecule has 3 nitrogen and oxygen atoms in total. The van der Waals surface area contributed by atoms with E-state index in [4.69, 9.17) is 5.26 Å². The first-order chi connectivity index (χ1) is 9.70. The molecule has 1 amide bonds. The Hall–Kier alpha value is -2.45. The lowest BCUT2D eigenvalue weighted by Crippen LogP contribution is -2.20. The van der Waals surface area contributed by atoms with Crippen molar-refractivity contribution in [1.29, 1.82) is 5.26 Å². The lowest BCUT2D eigenvalue weighted by atomic mass is 10.2. The Morgan fingerprint density at radius 3 is 2.90 bits per heavy atom. The Kier molecular flexibility index (Phi) is 4.64. The maximum atomic E-state index is 13.6. The largest absolute Gasteiger partial charge is 0.339 e. The molecule has 2 aromatic rings. The molecule has 0 unspecified atom stereocenters. The van der Waals surface area contributed by atoms with Gasteiger partial charge in [0.2, 0.25) is 5.91 Å². The van der Waals surface area contributed by atoms with E-state index >= 15 is 0 Å². The zero-order chi connectivity index (χ0) is 14.4. The minimum absolute atomic E-state index is 0.0198. The molecule has 5 heteroatoms. The van der Waals surface area contributed by atoms with E-state index in [9.17, 15) is 9.18 Å². The quantitative estimate of drug-likeness (QED) is 0.693. The molecule has 1 aromatic heterocycles. The standard InChI is InChI=1S/C15H11FN2OS/c16-13-4-2-1-3-12(13)14-7-5-11(20-14)6-8-15(19)18-10-9-17/h1-8H,10H2,(H,18,19)/b8-6+. The molecule has 20 heavy (non-hydrogen) atoms. The van der Waals surface area contributed by atoms with Gasteiger partial charge in [0, 0.05) is 21.4 Å². The number of thiophene rings is 1. The van der Waals surface area contributed by atoms with E-state index in [0.717, 1.165) is 9.75 Å². The highest BCUT2D eigenvalue weighted by Gasteiger charge is 2.06. The monoisotopic (exact) mass is 286 g/mol. The van der Waals surface area contributed by atoms with Gasteiger partial charge >= 0.3 is 0 Å². The van der Waals surface area contributed by atoms with Gasteiger partial charge in [-0.25, -0.2) is 4.39 Å². The fraction of sp³-hybridized carbons (Fsp3) is 0.0667. The van der Waals surface area contributed by atoms with Gasteiger partial charge in [-0.1, -0.05) is 18.2 Å². The Balaban J connectivity index is 2.10. The Morgan fingerprint density at radius 2 is 2.15 bits per heavy atom. The third kappa shape index (κ3) is 3.53. The second-order valence-corrected chi connectivity index (χ2v) is 5.01. The number of carbonyl (C=O) groups excluding carboxylic acids is 1. The highest BCUT2D eigenvalue weighted by molar-refractivity contribution is 7.16. The zero-order valence-corrected chi connectivity index (χ0v) is 11.3. The Bertz CT molecular complexity index is 685. The molecule has 100 valence electrons. The van der Waals surface area contributed by atoms with Gasteiger partial charge < -0.3 is 5.32 Å². The van der Waals surface area contributed by atoms with Crippen LogP contribution in [0, 0.1) is 17.1 Å². The number of amides is 1. The fourth-order valence-electron chi connectivity index (χ4n) is 1.59. The average Bonchev–Trinajstić information content (AvgIpc) is 2.92. The molecule has 0 aliphatic heterocycles. The first-order valence-corrected chi connectivity index (χ1v) is 6.70. The van der Waals surface area contributed by atoms with E-state index in [-0.39, 0.29) is 18.3 Å². The summed E-state index contributed by atoms with van der Waals surface area (Å²) in [6, 6.07) is 12.0. The number of halogens is 1. The van der Waals surface area contributed by atoms with Crippen molar-refractivity contribution in [3.05, 3.63) is 53.2 Å². The van der Waals surface area contributed by atoms with Crippen LogP contribution in [0.1, 0.15) is 4.88 Å². The predicted octanol–water partition coefficient (Wildman–Crippen LogP) is 3.21. The lowest BCUT2D eigenvalue weighted by molar-refractivity contribution is -0.116. The van der Waals surface area contributed by atoms with Crippen LogP contribution < -0.4 is 5.32 Å². The summed E-state index contributed by atoms with van der Waals surface area (Å²) in [6.07, 6.45) is 3.00.